The summed E-state index contributed by atoms with van der Waals surface area (Å²) >= 11 is 0. The third kappa shape index (κ3) is 3.74. The lowest BCUT2D eigenvalue weighted by molar-refractivity contribution is 0.0188. The van der Waals surface area contributed by atoms with Crippen LogP contribution >= 0.6 is 0 Å². The molecule has 2 nitrogen and oxygen atoms in total. The molecule has 0 aromatic carbocycles. The molecule has 2 atom stereocenters. The van der Waals surface area contributed by atoms with Crippen molar-refractivity contribution < 1.29 is 0 Å². The van der Waals surface area contributed by atoms with Gasteiger partial charge in [0.1, 0.15) is 0 Å². The van der Waals surface area contributed by atoms with E-state index in [0.717, 1.165) is 6.04 Å². The van der Waals surface area contributed by atoms with E-state index in [2.05, 4.69) is 58.8 Å². The van der Waals surface area contributed by atoms with Gasteiger partial charge in [0.25, 0.3) is 0 Å². The van der Waals surface area contributed by atoms with Gasteiger partial charge in [0.15, 0.2) is 0 Å². The van der Waals surface area contributed by atoms with Crippen LogP contribution in [-0.4, -0.2) is 50.6 Å². The Labute approximate surface area is 102 Å². The van der Waals surface area contributed by atoms with Crippen LogP contribution in [0.15, 0.2) is 0 Å². The van der Waals surface area contributed by atoms with E-state index in [-0.39, 0.29) is 0 Å². The molecule has 0 spiro atoms. The summed E-state index contributed by atoms with van der Waals surface area (Å²) in [7, 11) is 8.83. The predicted octanol–water partition coefficient (Wildman–Crippen LogP) is 2.69. The molecule has 1 rings (SSSR count). The zero-order valence-electron chi connectivity index (χ0n) is 12.3. The van der Waals surface area contributed by atoms with Crippen LogP contribution in [0.3, 0.4) is 0 Å². The van der Waals surface area contributed by atoms with Gasteiger partial charge in [-0.25, -0.2) is 0 Å². The standard InChI is InChI=1S/C14H30N2/c1-13(2)8-12(16(6)7)9-14(3,10-13)11-15(4)5/h12H,8-11H2,1-7H3/t12-,14-/m1/s1. The molecule has 0 amide bonds. The van der Waals surface area contributed by atoms with Crippen molar-refractivity contribution in [1.29, 1.82) is 0 Å². The molecule has 0 unspecified atom stereocenters. The molecule has 2 heteroatoms. The van der Waals surface area contributed by atoms with Gasteiger partial charge in [-0.2, -0.15) is 0 Å². The molecule has 0 saturated heterocycles. The summed E-state index contributed by atoms with van der Waals surface area (Å²) in [5.74, 6) is 0. The van der Waals surface area contributed by atoms with Crippen molar-refractivity contribution in [1.82, 2.24) is 9.80 Å². The van der Waals surface area contributed by atoms with E-state index < -0.39 is 0 Å². The monoisotopic (exact) mass is 226 g/mol. The van der Waals surface area contributed by atoms with Gasteiger partial charge in [0.05, 0.1) is 0 Å². The molecule has 0 aromatic rings. The van der Waals surface area contributed by atoms with Crippen molar-refractivity contribution in [3.8, 4) is 0 Å². The quantitative estimate of drug-likeness (QED) is 0.730. The molecule has 1 aliphatic carbocycles. The summed E-state index contributed by atoms with van der Waals surface area (Å²) in [4.78, 5) is 4.75. The highest BCUT2D eigenvalue weighted by molar-refractivity contribution is 4.95. The normalized spacial score (nSPS) is 34.7. The number of rotatable bonds is 3. The molecule has 0 bridgehead atoms. The molecule has 1 aliphatic rings. The van der Waals surface area contributed by atoms with Gasteiger partial charge in [-0.05, 0) is 58.3 Å². The first-order valence-corrected chi connectivity index (χ1v) is 6.45. The Morgan fingerprint density at radius 1 is 1.00 bits per heavy atom. The maximum absolute atomic E-state index is 2.46. The van der Waals surface area contributed by atoms with Crippen LogP contribution in [-0.2, 0) is 0 Å². The van der Waals surface area contributed by atoms with E-state index in [0.29, 0.717) is 10.8 Å². The summed E-state index contributed by atoms with van der Waals surface area (Å²) < 4.78 is 0. The minimum Gasteiger partial charge on any atom is -0.309 e. The highest BCUT2D eigenvalue weighted by atomic mass is 15.1. The van der Waals surface area contributed by atoms with E-state index in [1.165, 1.54) is 25.8 Å². The van der Waals surface area contributed by atoms with Crippen molar-refractivity contribution in [3.63, 3.8) is 0 Å². The summed E-state index contributed by atoms with van der Waals surface area (Å²) in [5, 5.41) is 0. The Kier molecular flexibility index (Phi) is 4.07. The minimum atomic E-state index is 0.472. The van der Waals surface area contributed by atoms with Crippen molar-refractivity contribution in [3.05, 3.63) is 0 Å². The molecular weight excluding hydrogens is 196 g/mol. The van der Waals surface area contributed by atoms with Crippen LogP contribution < -0.4 is 0 Å². The third-order valence-electron chi connectivity index (χ3n) is 3.85. The van der Waals surface area contributed by atoms with Crippen LogP contribution in [0.1, 0.15) is 40.0 Å². The molecule has 96 valence electrons. The Bertz CT molecular complexity index is 233. The Morgan fingerprint density at radius 2 is 1.56 bits per heavy atom. The van der Waals surface area contributed by atoms with Gasteiger partial charge >= 0.3 is 0 Å². The number of hydrogen-bond acceptors (Lipinski definition) is 2. The lowest BCUT2D eigenvalue weighted by atomic mass is 9.62. The number of nitrogens with zero attached hydrogens (tertiary/aromatic N) is 2. The van der Waals surface area contributed by atoms with Gasteiger partial charge in [-0.15, -0.1) is 0 Å². The van der Waals surface area contributed by atoms with Crippen LogP contribution in [0.4, 0.5) is 0 Å². The van der Waals surface area contributed by atoms with Gasteiger partial charge in [-0.1, -0.05) is 20.8 Å². The maximum Gasteiger partial charge on any atom is 0.00999 e. The van der Waals surface area contributed by atoms with E-state index >= 15 is 0 Å². The molecule has 0 heterocycles. The zero-order valence-corrected chi connectivity index (χ0v) is 12.3. The van der Waals surface area contributed by atoms with E-state index in [9.17, 15) is 0 Å². The number of hydrogen-bond donors (Lipinski definition) is 0. The van der Waals surface area contributed by atoms with Crippen LogP contribution in [0.2, 0.25) is 0 Å². The molecule has 1 saturated carbocycles. The average molecular weight is 226 g/mol. The Morgan fingerprint density at radius 3 is 2.00 bits per heavy atom. The maximum atomic E-state index is 2.46. The second kappa shape index (κ2) is 4.66. The highest BCUT2D eigenvalue weighted by Gasteiger charge is 2.41. The first-order chi connectivity index (χ1) is 7.14. The lowest BCUT2D eigenvalue weighted by Crippen LogP contribution is -2.47. The van der Waals surface area contributed by atoms with E-state index in [4.69, 9.17) is 0 Å². The molecule has 1 fully saturated rings. The third-order valence-corrected chi connectivity index (χ3v) is 3.85. The van der Waals surface area contributed by atoms with Crippen molar-refractivity contribution in [2.24, 2.45) is 10.8 Å². The molecular formula is C14H30N2. The van der Waals surface area contributed by atoms with Gasteiger partial charge in [0, 0.05) is 12.6 Å². The van der Waals surface area contributed by atoms with Gasteiger partial charge in [0.2, 0.25) is 0 Å². The SMILES string of the molecule is CN(C)C[C@]1(C)C[C@H](N(C)C)CC(C)(C)C1. The van der Waals surface area contributed by atoms with Crippen molar-refractivity contribution >= 4 is 0 Å². The first kappa shape index (κ1) is 14.0. The fourth-order valence-corrected chi connectivity index (χ4v) is 3.83. The summed E-state index contributed by atoms with van der Waals surface area (Å²) in [6.07, 6.45) is 4.02. The van der Waals surface area contributed by atoms with Crippen LogP contribution in [0.25, 0.3) is 0 Å². The predicted molar refractivity (Wildman–Crippen MR) is 71.8 cm³/mol. The molecule has 0 radical (unpaired) electrons. The van der Waals surface area contributed by atoms with E-state index in [1.54, 1.807) is 0 Å². The fourth-order valence-electron chi connectivity index (χ4n) is 3.83. The molecule has 0 N–H and O–H groups in total. The van der Waals surface area contributed by atoms with Crippen LogP contribution in [0.5, 0.6) is 0 Å². The minimum absolute atomic E-state index is 0.472. The first-order valence-electron chi connectivity index (χ1n) is 6.45. The Hall–Kier alpha value is -0.0800. The molecule has 0 aliphatic heterocycles. The summed E-state index contributed by atoms with van der Waals surface area (Å²) in [5.41, 5.74) is 0.956. The molecule has 16 heavy (non-hydrogen) atoms. The smallest absolute Gasteiger partial charge is 0.00999 e. The van der Waals surface area contributed by atoms with E-state index in [1.807, 2.05) is 0 Å². The topological polar surface area (TPSA) is 6.48 Å². The lowest BCUT2D eigenvalue weighted by Gasteiger charge is -2.49. The Balaban J connectivity index is 2.78. The van der Waals surface area contributed by atoms with Crippen molar-refractivity contribution in [2.75, 3.05) is 34.7 Å². The highest BCUT2D eigenvalue weighted by Crippen LogP contribution is 2.47. The van der Waals surface area contributed by atoms with Crippen LogP contribution in [0, 0.1) is 10.8 Å². The van der Waals surface area contributed by atoms with Gasteiger partial charge in [-0.3, -0.25) is 0 Å². The zero-order chi connectivity index (χ0) is 12.6. The second-order valence-corrected chi connectivity index (χ2v) is 7.42. The van der Waals surface area contributed by atoms with Crippen molar-refractivity contribution in [2.45, 2.75) is 46.1 Å². The second-order valence-electron chi connectivity index (χ2n) is 7.42. The average Bonchev–Trinajstić information content (AvgIpc) is 1.96. The van der Waals surface area contributed by atoms with Gasteiger partial charge < -0.3 is 9.80 Å². The summed E-state index contributed by atoms with van der Waals surface area (Å²) in [6, 6.07) is 0.744. The largest absolute Gasteiger partial charge is 0.309 e. The fraction of sp³-hybridized carbons (Fsp3) is 1.00. The summed E-state index contributed by atoms with van der Waals surface area (Å²) in [6.45, 7) is 8.53. The molecule has 0 aromatic heterocycles.